The predicted octanol–water partition coefficient (Wildman–Crippen LogP) is 1.90. The maximum atomic E-state index is 11.3. The Hall–Kier alpha value is -2.91. The van der Waals surface area contributed by atoms with Crippen molar-refractivity contribution in [2.45, 2.75) is 0 Å². The summed E-state index contributed by atoms with van der Waals surface area (Å²) in [5.41, 5.74) is 9.12. The van der Waals surface area contributed by atoms with E-state index in [1.165, 1.54) is 12.1 Å². The van der Waals surface area contributed by atoms with Crippen molar-refractivity contribution in [3.05, 3.63) is 34.2 Å². The van der Waals surface area contributed by atoms with Crippen LogP contribution in [-0.4, -0.2) is 37.2 Å². The average Bonchev–Trinajstić information content (AvgIpc) is 2.85. The molecule has 1 saturated heterocycles. The Bertz CT molecular complexity index is 602. The van der Waals surface area contributed by atoms with Gasteiger partial charge in [0.25, 0.3) is 0 Å². The first kappa shape index (κ1) is 13.5. The molecule has 1 aliphatic rings. The summed E-state index contributed by atoms with van der Waals surface area (Å²) in [5, 5.41) is 15.1. The number of rotatable bonds is 5. The first-order valence-corrected chi connectivity index (χ1v) is 5.99. The third-order valence-electron chi connectivity index (χ3n) is 2.81. The lowest BCUT2D eigenvalue weighted by Gasteiger charge is -2.15. The lowest BCUT2D eigenvalue weighted by Crippen LogP contribution is -2.31. The molecule has 0 aromatic heterocycles. The molecule has 1 aromatic rings. The van der Waals surface area contributed by atoms with Crippen molar-refractivity contribution >= 4 is 11.7 Å². The average molecular weight is 272 g/mol. The van der Waals surface area contributed by atoms with Crippen LogP contribution >= 0.6 is 0 Å². The summed E-state index contributed by atoms with van der Waals surface area (Å²) in [6.07, 6.45) is 0. The molecule has 1 N–H and O–H groups in total. The van der Waals surface area contributed by atoms with Crippen LogP contribution in [0.2, 0.25) is 0 Å². The molecule has 0 unspecified atom stereocenters. The number of carbonyl (C=O) groups excluding carboxylic acids is 1. The van der Waals surface area contributed by atoms with Gasteiger partial charge in [-0.1, -0.05) is 11.2 Å². The molecule has 0 radical (unpaired) electrons. The van der Waals surface area contributed by atoms with Crippen LogP contribution in [0.4, 0.5) is 10.5 Å². The molecule has 0 spiro atoms. The number of azide groups is 1. The Morgan fingerprint density at radius 2 is 2.45 bits per heavy atom. The molecule has 1 heterocycles. The summed E-state index contributed by atoms with van der Waals surface area (Å²) in [6, 6.07) is 6.46. The van der Waals surface area contributed by atoms with Crippen LogP contribution in [0.3, 0.4) is 0 Å². The van der Waals surface area contributed by atoms with E-state index in [9.17, 15) is 4.79 Å². The minimum atomic E-state index is -0.114. The van der Waals surface area contributed by atoms with Crippen molar-refractivity contribution < 1.29 is 9.53 Å². The number of hydrogen-bond acceptors (Lipinski definition) is 4. The highest BCUT2D eigenvalue weighted by Gasteiger charge is 2.18. The Balaban J connectivity index is 2.00. The quantitative estimate of drug-likeness (QED) is 0.501. The van der Waals surface area contributed by atoms with Crippen molar-refractivity contribution in [1.29, 1.82) is 5.26 Å². The molecule has 1 aliphatic heterocycles. The number of amides is 2. The Kier molecular flexibility index (Phi) is 4.27. The van der Waals surface area contributed by atoms with Crippen molar-refractivity contribution in [2.24, 2.45) is 5.11 Å². The Morgan fingerprint density at radius 1 is 1.60 bits per heavy atom. The summed E-state index contributed by atoms with van der Waals surface area (Å²) in [6.45, 7) is 1.98. The van der Waals surface area contributed by atoms with Gasteiger partial charge in [-0.25, -0.2) is 4.79 Å². The minimum Gasteiger partial charge on any atom is -0.490 e. The molecule has 1 aromatic carbocycles. The normalized spacial score (nSPS) is 13.3. The second-order valence-electron chi connectivity index (χ2n) is 4.05. The molecule has 0 bridgehead atoms. The molecule has 102 valence electrons. The predicted molar refractivity (Wildman–Crippen MR) is 70.4 cm³/mol. The zero-order valence-electron chi connectivity index (χ0n) is 10.6. The largest absolute Gasteiger partial charge is 0.490 e. The first-order chi connectivity index (χ1) is 9.74. The third kappa shape index (κ3) is 3.10. The minimum absolute atomic E-state index is 0.114. The molecule has 0 saturated carbocycles. The van der Waals surface area contributed by atoms with Crippen molar-refractivity contribution in [3.63, 3.8) is 0 Å². The fourth-order valence-corrected chi connectivity index (χ4v) is 1.83. The SMILES string of the molecule is N#Cc1ccc(N=[N+]=[N-])cc1OCCN1CCNC1=O. The second kappa shape index (κ2) is 6.31. The molecular weight excluding hydrogens is 260 g/mol. The highest BCUT2D eigenvalue weighted by Crippen LogP contribution is 2.24. The molecule has 2 rings (SSSR count). The maximum Gasteiger partial charge on any atom is 0.317 e. The van der Waals surface area contributed by atoms with Gasteiger partial charge in [-0.3, -0.25) is 0 Å². The standard InChI is InChI=1S/C12H12N6O2/c13-8-9-1-2-10(16-17-14)7-11(9)20-6-5-18-4-3-15-12(18)19/h1-2,7H,3-6H2,(H,15,19). The zero-order chi connectivity index (χ0) is 14.4. The van der Waals surface area contributed by atoms with Gasteiger partial charge in [0.05, 0.1) is 12.1 Å². The van der Waals surface area contributed by atoms with E-state index < -0.39 is 0 Å². The fraction of sp³-hybridized carbons (Fsp3) is 0.333. The Morgan fingerprint density at radius 3 is 3.10 bits per heavy atom. The lowest BCUT2D eigenvalue weighted by atomic mass is 10.2. The molecular formula is C12H12N6O2. The summed E-state index contributed by atoms with van der Waals surface area (Å²) in [5.74, 6) is 0.344. The van der Waals surface area contributed by atoms with Gasteiger partial charge in [0.1, 0.15) is 18.4 Å². The van der Waals surface area contributed by atoms with E-state index in [0.717, 1.165) is 0 Å². The molecule has 8 heteroatoms. The molecule has 8 nitrogen and oxygen atoms in total. The topological polar surface area (TPSA) is 114 Å². The van der Waals surface area contributed by atoms with Gasteiger partial charge in [0.15, 0.2) is 0 Å². The number of carbonyl (C=O) groups is 1. The number of ether oxygens (including phenoxy) is 1. The van der Waals surface area contributed by atoms with Gasteiger partial charge in [-0.2, -0.15) is 5.26 Å². The molecule has 20 heavy (non-hydrogen) atoms. The van der Waals surface area contributed by atoms with E-state index in [-0.39, 0.29) is 12.6 Å². The number of nitrogens with one attached hydrogen (secondary N) is 1. The number of urea groups is 1. The van der Waals surface area contributed by atoms with Crippen molar-refractivity contribution in [3.8, 4) is 11.8 Å². The van der Waals surface area contributed by atoms with Gasteiger partial charge in [-0.05, 0) is 17.7 Å². The van der Waals surface area contributed by atoms with Gasteiger partial charge in [-0.15, -0.1) is 0 Å². The molecule has 0 atom stereocenters. The van der Waals surface area contributed by atoms with Crippen LogP contribution in [0, 0.1) is 11.3 Å². The summed E-state index contributed by atoms with van der Waals surface area (Å²) in [4.78, 5) is 15.6. The van der Waals surface area contributed by atoms with Gasteiger partial charge < -0.3 is 15.0 Å². The van der Waals surface area contributed by atoms with E-state index in [2.05, 4.69) is 15.3 Å². The van der Waals surface area contributed by atoms with E-state index in [0.29, 0.717) is 36.6 Å². The summed E-state index contributed by atoms with van der Waals surface area (Å²) in [7, 11) is 0. The highest BCUT2D eigenvalue weighted by molar-refractivity contribution is 5.76. The van der Waals surface area contributed by atoms with E-state index in [4.69, 9.17) is 15.5 Å². The first-order valence-electron chi connectivity index (χ1n) is 5.99. The third-order valence-corrected chi connectivity index (χ3v) is 2.81. The highest BCUT2D eigenvalue weighted by atomic mass is 16.5. The van der Waals surface area contributed by atoms with Crippen LogP contribution < -0.4 is 10.1 Å². The van der Waals surface area contributed by atoms with Gasteiger partial charge in [0, 0.05) is 23.7 Å². The lowest BCUT2D eigenvalue weighted by molar-refractivity contribution is 0.202. The second-order valence-corrected chi connectivity index (χ2v) is 4.05. The van der Waals surface area contributed by atoms with Crippen LogP contribution in [0.25, 0.3) is 10.4 Å². The van der Waals surface area contributed by atoms with Crippen LogP contribution in [0.5, 0.6) is 5.75 Å². The molecule has 1 fully saturated rings. The number of nitrogens with zero attached hydrogens (tertiary/aromatic N) is 5. The van der Waals surface area contributed by atoms with Gasteiger partial charge >= 0.3 is 6.03 Å². The van der Waals surface area contributed by atoms with Crippen molar-refractivity contribution in [1.82, 2.24) is 10.2 Å². The van der Waals surface area contributed by atoms with E-state index in [1.54, 1.807) is 11.0 Å². The number of benzene rings is 1. The maximum absolute atomic E-state index is 11.3. The zero-order valence-corrected chi connectivity index (χ0v) is 10.6. The fourth-order valence-electron chi connectivity index (χ4n) is 1.83. The molecule has 0 aliphatic carbocycles. The smallest absolute Gasteiger partial charge is 0.317 e. The van der Waals surface area contributed by atoms with Gasteiger partial charge in [0.2, 0.25) is 0 Å². The molecule has 2 amide bonds. The van der Waals surface area contributed by atoms with Crippen LogP contribution in [-0.2, 0) is 0 Å². The van der Waals surface area contributed by atoms with E-state index in [1.807, 2.05) is 6.07 Å². The monoisotopic (exact) mass is 272 g/mol. The van der Waals surface area contributed by atoms with Crippen LogP contribution in [0.1, 0.15) is 5.56 Å². The summed E-state index contributed by atoms with van der Waals surface area (Å²) < 4.78 is 5.50. The number of nitriles is 1. The number of hydrogen-bond donors (Lipinski definition) is 1. The van der Waals surface area contributed by atoms with E-state index >= 15 is 0 Å². The van der Waals surface area contributed by atoms with Crippen molar-refractivity contribution in [2.75, 3.05) is 26.2 Å². The van der Waals surface area contributed by atoms with Crippen LogP contribution in [0.15, 0.2) is 23.3 Å². The summed E-state index contributed by atoms with van der Waals surface area (Å²) >= 11 is 0. The Labute approximate surface area is 115 Å².